The molecule has 1 N–H and O–H groups in total. The number of hydrogen-bond donors (Lipinski definition) is 1. The molecule has 0 amide bonds. The Balaban J connectivity index is 1.58. The number of hydrogen-bond acceptors (Lipinski definition) is 3. The molecule has 1 atom stereocenters. The van der Waals surface area contributed by atoms with Gasteiger partial charge in [-0.3, -0.25) is 0 Å². The number of thiocarbonyl (C=S) groups is 1. The highest BCUT2D eigenvalue weighted by Gasteiger charge is 2.22. The van der Waals surface area contributed by atoms with Gasteiger partial charge in [-0.2, -0.15) is 0 Å². The van der Waals surface area contributed by atoms with Gasteiger partial charge in [0, 0.05) is 7.05 Å². The quantitative estimate of drug-likeness (QED) is 0.872. The molecule has 0 unspecified atom stereocenters. The summed E-state index contributed by atoms with van der Waals surface area (Å²) in [7, 11) is 1.83. The zero-order valence-electron chi connectivity index (χ0n) is 12.7. The highest BCUT2D eigenvalue weighted by Crippen LogP contribution is 2.31. The van der Waals surface area contributed by atoms with Crippen LogP contribution in [0.3, 0.4) is 0 Å². The van der Waals surface area contributed by atoms with Crippen LogP contribution in [0, 0.1) is 5.82 Å². The lowest BCUT2D eigenvalue weighted by Gasteiger charge is -2.30. The number of nitrogens with zero attached hydrogens (tertiary/aromatic N) is 1. The lowest BCUT2D eigenvalue weighted by molar-refractivity contribution is 0.0784. The summed E-state index contributed by atoms with van der Waals surface area (Å²) in [6.07, 6.45) is -0.143. The molecule has 0 fully saturated rings. The van der Waals surface area contributed by atoms with Crippen LogP contribution in [0.15, 0.2) is 48.5 Å². The second-order valence-electron chi connectivity index (χ2n) is 5.29. The molecular weight excluding hydrogens is 315 g/mol. The molecule has 6 heteroatoms. The van der Waals surface area contributed by atoms with Crippen molar-refractivity contribution < 1.29 is 13.9 Å². The van der Waals surface area contributed by atoms with E-state index in [9.17, 15) is 4.39 Å². The van der Waals surface area contributed by atoms with Gasteiger partial charge in [0.05, 0.1) is 12.2 Å². The Morgan fingerprint density at radius 2 is 1.91 bits per heavy atom. The van der Waals surface area contributed by atoms with Crippen molar-refractivity contribution >= 4 is 23.0 Å². The first-order chi connectivity index (χ1) is 11.1. The maximum atomic E-state index is 13.7. The van der Waals surface area contributed by atoms with Crippen LogP contribution < -0.4 is 14.8 Å². The number of likely N-dealkylation sites (N-methyl/N-ethyl adjacent to an activating group) is 1. The van der Waals surface area contributed by atoms with E-state index in [2.05, 4.69) is 5.32 Å². The topological polar surface area (TPSA) is 33.7 Å². The van der Waals surface area contributed by atoms with E-state index in [1.54, 1.807) is 18.2 Å². The zero-order chi connectivity index (χ0) is 16.2. The second-order valence-corrected chi connectivity index (χ2v) is 5.67. The maximum Gasteiger partial charge on any atom is 0.173 e. The number of nitrogens with one attached hydrogen (secondary N) is 1. The Hall–Kier alpha value is -2.34. The SMILES string of the molecule is CN(C[C@@H]1COc2ccccc2O1)C(=S)Nc1ccccc1F. The van der Waals surface area contributed by atoms with Crippen LogP contribution in [0.25, 0.3) is 0 Å². The number of benzene rings is 2. The minimum absolute atomic E-state index is 0.143. The molecule has 2 aromatic carbocycles. The summed E-state index contributed by atoms with van der Waals surface area (Å²) in [5.74, 6) is 1.14. The van der Waals surface area contributed by atoms with E-state index in [1.807, 2.05) is 36.2 Å². The van der Waals surface area contributed by atoms with E-state index < -0.39 is 0 Å². The minimum atomic E-state index is -0.338. The van der Waals surface area contributed by atoms with Crippen LogP contribution in [0.1, 0.15) is 0 Å². The van der Waals surface area contributed by atoms with Crippen LogP contribution in [-0.4, -0.2) is 36.3 Å². The molecule has 4 nitrogen and oxygen atoms in total. The number of ether oxygens (including phenoxy) is 2. The van der Waals surface area contributed by atoms with Gasteiger partial charge >= 0.3 is 0 Å². The monoisotopic (exact) mass is 332 g/mol. The van der Waals surface area contributed by atoms with Gasteiger partial charge in [-0.05, 0) is 36.5 Å². The average molecular weight is 332 g/mol. The van der Waals surface area contributed by atoms with Gasteiger partial charge in [0.2, 0.25) is 0 Å². The van der Waals surface area contributed by atoms with Crippen molar-refractivity contribution in [2.24, 2.45) is 0 Å². The van der Waals surface area contributed by atoms with E-state index in [4.69, 9.17) is 21.7 Å². The van der Waals surface area contributed by atoms with E-state index in [1.165, 1.54) is 6.07 Å². The van der Waals surface area contributed by atoms with Crippen LogP contribution in [0.2, 0.25) is 0 Å². The molecule has 1 heterocycles. The summed E-state index contributed by atoms with van der Waals surface area (Å²) in [4.78, 5) is 1.81. The van der Waals surface area contributed by atoms with Gasteiger partial charge < -0.3 is 19.7 Å². The number of halogens is 1. The lowest BCUT2D eigenvalue weighted by Crippen LogP contribution is -2.43. The molecule has 0 aliphatic carbocycles. The third-order valence-electron chi connectivity index (χ3n) is 3.51. The van der Waals surface area contributed by atoms with Crippen molar-refractivity contribution in [3.63, 3.8) is 0 Å². The summed E-state index contributed by atoms with van der Waals surface area (Å²) in [5, 5.41) is 3.33. The van der Waals surface area contributed by atoms with E-state index in [0.29, 0.717) is 24.0 Å². The normalized spacial score (nSPS) is 15.8. The van der Waals surface area contributed by atoms with Crippen molar-refractivity contribution in [1.82, 2.24) is 4.90 Å². The first-order valence-electron chi connectivity index (χ1n) is 7.28. The van der Waals surface area contributed by atoms with Crippen molar-refractivity contribution in [3.05, 3.63) is 54.3 Å². The van der Waals surface area contributed by atoms with Crippen molar-refractivity contribution in [2.45, 2.75) is 6.10 Å². The Kier molecular flexibility index (Phi) is 4.62. The van der Waals surface area contributed by atoms with Crippen molar-refractivity contribution in [1.29, 1.82) is 0 Å². The van der Waals surface area contributed by atoms with Crippen molar-refractivity contribution in [2.75, 3.05) is 25.5 Å². The highest BCUT2D eigenvalue weighted by molar-refractivity contribution is 7.80. The maximum absolute atomic E-state index is 13.7. The zero-order valence-corrected chi connectivity index (χ0v) is 13.5. The molecule has 0 radical (unpaired) electrons. The number of rotatable bonds is 3. The summed E-state index contributed by atoms with van der Waals surface area (Å²) in [6, 6.07) is 14.0. The van der Waals surface area contributed by atoms with Crippen LogP contribution in [-0.2, 0) is 0 Å². The van der Waals surface area contributed by atoms with Crippen LogP contribution >= 0.6 is 12.2 Å². The van der Waals surface area contributed by atoms with Crippen LogP contribution in [0.5, 0.6) is 11.5 Å². The summed E-state index contributed by atoms with van der Waals surface area (Å²) >= 11 is 5.32. The molecule has 0 saturated carbocycles. The molecule has 120 valence electrons. The lowest BCUT2D eigenvalue weighted by atomic mass is 10.2. The third kappa shape index (κ3) is 3.71. The molecule has 0 bridgehead atoms. The number of para-hydroxylation sites is 3. The average Bonchev–Trinajstić information content (AvgIpc) is 2.56. The standard InChI is InChI=1S/C17H17FN2O2S/c1-20(17(23)19-14-7-3-2-6-13(14)18)10-12-11-21-15-8-4-5-9-16(15)22-12/h2-9,12H,10-11H2,1H3,(H,19,23)/t12-/m1/s1. The van der Waals surface area contributed by atoms with E-state index >= 15 is 0 Å². The predicted octanol–water partition coefficient (Wildman–Crippen LogP) is 3.29. The molecule has 1 aliphatic heterocycles. The Bertz CT molecular complexity index is 710. The smallest absolute Gasteiger partial charge is 0.173 e. The van der Waals surface area contributed by atoms with E-state index in [0.717, 1.165) is 11.5 Å². The molecule has 0 aromatic heterocycles. The van der Waals surface area contributed by atoms with Crippen LogP contribution in [0.4, 0.5) is 10.1 Å². The molecular formula is C17H17FN2O2S. The van der Waals surface area contributed by atoms with Crippen molar-refractivity contribution in [3.8, 4) is 11.5 Å². The largest absolute Gasteiger partial charge is 0.486 e. The Morgan fingerprint density at radius 1 is 1.22 bits per heavy atom. The molecule has 3 rings (SSSR count). The fraction of sp³-hybridized carbons (Fsp3) is 0.235. The van der Waals surface area contributed by atoms with E-state index in [-0.39, 0.29) is 11.9 Å². The second kappa shape index (κ2) is 6.83. The van der Waals surface area contributed by atoms with Gasteiger partial charge in [0.15, 0.2) is 22.7 Å². The Labute approximate surface area is 139 Å². The molecule has 2 aromatic rings. The summed E-state index contributed by atoms with van der Waals surface area (Å²) < 4.78 is 25.2. The minimum Gasteiger partial charge on any atom is -0.486 e. The molecule has 1 aliphatic rings. The summed E-state index contributed by atoms with van der Waals surface area (Å²) in [5.41, 5.74) is 0.357. The number of anilines is 1. The molecule has 23 heavy (non-hydrogen) atoms. The highest BCUT2D eigenvalue weighted by atomic mass is 32.1. The molecule has 0 spiro atoms. The fourth-order valence-electron chi connectivity index (χ4n) is 2.31. The number of fused-ring (bicyclic) bond motifs is 1. The molecule has 0 saturated heterocycles. The fourth-order valence-corrected chi connectivity index (χ4v) is 2.50. The Morgan fingerprint density at radius 3 is 2.70 bits per heavy atom. The first-order valence-corrected chi connectivity index (χ1v) is 7.69. The van der Waals surface area contributed by atoms with Gasteiger partial charge in [-0.1, -0.05) is 24.3 Å². The third-order valence-corrected chi connectivity index (χ3v) is 3.92. The van der Waals surface area contributed by atoms with Gasteiger partial charge in [-0.25, -0.2) is 4.39 Å². The summed E-state index contributed by atoms with van der Waals surface area (Å²) in [6.45, 7) is 0.984. The first kappa shape index (κ1) is 15.6. The van der Waals surface area contributed by atoms with Gasteiger partial charge in [0.25, 0.3) is 0 Å². The van der Waals surface area contributed by atoms with Gasteiger partial charge in [0.1, 0.15) is 12.4 Å². The predicted molar refractivity (Wildman–Crippen MR) is 91.6 cm³/mol. The van der Waals surface area contributed by atoms with Gasteiger partial charge in [-0.15, -0.1) is 0 Å².